The Hall–Kier alpha value is -2.46. The Morgan fingerprint density at radius 1 is 1.30 bits per heavy atom. The lowest BCUT2D eigenvalue weighted by Gasteiger charge is -2.26. The van der Waals surface area contributed by atoms with Crippen molar-refractivity contribution in [2.75, 3.05) is 5.32 Å². The van der Waals surface area contributed by atoms with E-state index in [4.69, 9.17) is 24.0 Å². The Morgan fingerprint density at radius 3 is 2.67 bits per heavy atom. The summed E-state index contributed by atoms with van der Waals surface area (Å²) in [6, 6.07) is 5.38. The van der Waals surface area contributed by atoms with Gasteiger partial charge in [-0.05, 0) is 25.0 Å². The van der Waals surface area contributed by atoms with Gasteiger partial charge in [0.25, 0.3) is 18.9 Å². The summed E-state index contributed by atoms with van der Waals surface area (Å²) < 4.78 is 30.4. The zero-order valence-corrected chi connectivity index (χ0v) is 17.7. The Bertz CT molecular complexity index is 1110. The zero-order chi connectivity index (χ0) is 21.4. The fourth-order valence-electron chi connectivity index (χ4n) is 3.81. The van der Waals surface area contributed by atoms with E-state index in [1.165, 1.54) is 14.8 Å². The van der Waals surface area contributed by atoms with E-state index in [0.717, 1.165) is 25.7 Å². The predicted molar refractivity (Wildman–Crippen MR) is 110 cm³/mol. The number of carbonyl (C=O) groups is 1. The minimum absolute atomic E-state index is 0.0729. The van der Waals surface area contributed by atoms with Crippen molar-refractivity contribution in [2.24, 2.45) is 7.05 Å². The van der Waals surface area contributed by atoms with Crippen LogP contribution in [0.3, 0.4) is 0 Å². The average Bonchev–Trinajstić information content (AvgIpc) is 3.31. The number of aryl methyl sites for hydroxylation is 1. The number of carbonyl (C=O) groups excluding carboxylic acids is 1. The summed E-state index contributed by atoms with van der Waals surface area (Å²) >= 11 is 11.4. The third-order valence-corrected chi connectivity index (χ3v) is 6.07. The molecule has 1 aliphatic rings. The second kappa shape index (κ2) is 8.35. The maximum absolute atomic E-state index is 13.0. The third-order valence-electron chi connectivity index (χ3n) is 5.33. The van der Waals surface area contributed by atoms with E-state index in [-0.39, 0.29) is 28.8 Å². The highest BCUT2D eigenvalue weighted by Crippen LogP contribution is 2.27. The molecule has 11 heteroatoms. The Kier molecular flexibility index (Phi) is 5.79. The molecular weight excluding hydrogens is 434 g/mol. The van der Waals surface area contributed by atoms with Gasteiger partial charge in [-0.2, -0.15) is 5.10 Å². The van der Waals surface area contributed by atoms with Crippen molar-refractivity contribution in [3.8, 4) is 0 Å². The Balaban J connectivity index is 1.40. The molecule has 1 aliphatic carbocycles. The minimum atomic E-state index is -2.61. The number of hydrogen-bond acceptors (Lipinski definition) is 5. The number of alkyl halides is 2. The number of pyridine rings is 1. The Morgan fingerprint density at radius 2 is 2.03 bits per heavy atom. The van der Waals surface area contributed by atoms with Crippen molar-refractivity contribution in [1.29, 1.82) is 0 Å². The zero-order valence-electron chi connectivity index (χ0n) is 16.1. The maximum atomic E-state index is 13.0. The molecule has 1 N–H and O–H groups in total. The van der Waals surface area contributed by atoms with Crippen LogP contribution in [0.4, 0.5) is 14.6 Å². The quantitative estimate of drug-likeness (QED) is 0.592. The van der Waals surface area contributed by atoms with Gasteiger partial charge >= 0.3 is 5.91 Å². The smallest absolute Gasteiger partial charge is 0.368 e. The fourth-order valence-corrected chi connectivity index (χ4v) is 4.36. The summed E-state index contributed by atoms with van der Waals surface area (Å²) in [5, 5.41) is 7.54. The third kappa shape index (κ3) is 4.06. The van der Waals surface area contributed by atoms with Crippen molar-refractivity contribution >= 4 is 41.4 Å². The molecule has 1 saturated carbocycles. The number of rotatable bonds is 5. The summed E-state index contributed by atoms with van der Waals surface area (Å²) in [6.45, 7) is 0. The van der Waals surface area contributed by atoms with Gasteiger partial charge in [0, 0.05) is 38.3 Å². The van der Waals surface area contributed by atoms with Crippen LogP contribution in [0, 0.1) is 0 Å². The van der Waals surface area contributed by atoms with E-state index >= 15 is 0 Å². The van der Waals surface area contributed by atoms with Crippen molar-refractivity contribution in [3.05, 3.63) is 47.0 Å². The van der Waals surface area contributed by atoms with E-state index in [2.05, 4.69) is 15.4 Å². The van der Waals surface area contributed by atoms with E-state index in [0.29, 0.717) is 17.0 Å². The first-order valence-corrected chi connectivity index (χ1v) is 10.3. The van der Waals surface area contributed by atoms with Crippen LogP contribution in [0.25, 0.3) is 5.65 Å². The number of halogens is 3. The van der Waals surface area contributed by atoms with Gasteiger partial charge in [0.2, 0.25) is 0 Å². The molecule has 0 atom stereocenters. The normalized spacial score (nSPS) is 19.4. The molecule has 3 aromatic heterocycles. The summed E-state index contributed by atoms with van der Waals surface area (Å²) in [7, 11) is 1.69. The van der Waals surface area contributed by atoms with Gasteiger partial charge in [-0.25, -0.2) is 18.6 Å². The van der Waals surface area contributed by atoms with E-state index in [1.54, 1.807) is 29.8 Å². The van der Waals surface area contributed by atoms with E-state index in [1.807, 2.05) is 6.07 Å². The molecule has 1 amide bonds. The lowest BCUT2D eigenvalue weighted by molar-refractivity contribution is -0.448. The van der Waals surface area contributed by atoms with Gasteiger partial charge in [0.1, 0.15) is 22.7 Å². The largest absolute Gasteiger partial charge is 0.438 e. The molecule has 7 nitrogen and oxygen atoms in total. The Labute approximate surface area is 181 Å². The molecule has 0 spiro atoms. The standard InChI is InChI=1S/C19H20ClF2N6OS/c1-26-9-13(17(20)25-26)19(29)28(30)12-7-5-11(6-8-12)23-15-3-2-4-16-24-14(18(21)22)10-27(15)16/h2-4,9-12,18,23H,5-8H2,1H3/q+1. The fraction of sp³-hybridized carbons (Fsp3) is 0.421. The van der Waals surface area contributed by atoms with Crippen LogP contribution in [0.1, 0.15) is 48.2 Å². The molecule has 0 unspecified atom stereocenters. The second-order valence-corrected chi connectivity index (χ2v) is 8.15. The predicted octanol–water partition coefficient (Wildman–Crippen LogP) is 3.97. The minimum Gasteiger partial charge on any atom is -0.368 e. The van der Waals surface area contributed by atoms with Gasteiger partial charge in [-0.1, -0.05) is 21.6 Å². The molecule has 3 heterocycles. The molecule has 0 saturated heterocycles. The summed E-state index contributed by atoms with van der Waals surface area (Å²) in [4.78, 5) is 16.6. The monoisotopic (exact) mass is 453 g/mol. The highest BCUT2D eigenvalue weighted by Gasteiger charge is 2.36. The van der Waals surface area contributed by atoms with Gasteiger partial charge in [-0.3, -0.25) is 9.08 Å². The van der Waals surface area contributed by atoms with Crippen LogP contribution in [0.15, 0.2) is 30.6 Å². The summed E-state index contributed by atoms with van der Waals surface area (Å²) in [6.07, 6.45) is 3.35. The van der Waals surface area contributed by atoms with Crippen LogP contribution < -0.4 is 5.32 Å². The maximum Gasteiger partial charge on any atom is 0.438 e. The number of amides is 1. The first kappa shape index (κ1) is 20.8. The second-order valence-electron chi connectivity index (χ2n) is 7.39. The van der Waals surface area contributed by atoms with Gasteiger partial charge < -0.3 is 5.32 Å². The number of hydrogen-bond donors (Lipinski definition) is 1. The van der Waals surface area contributed by atoms with Crippen LogP contribution in [0.5, 0.6) is 0 Å². The number of aromatic nitrogens is 4. The molecule has 0 bridgehead atoms. The molecule has 4 rings (SSSR count). The molecular formula is C19H20ClF2N6OS+. The average molecular weight is 454 g/mol. The van der Waals surface area contributed by atoms with E-state index in [9.17, 15) is 13.6 Å². The van der Waals surface area contributed by atoms with Crippen molar-refractivity contribution in [2.45, 2.75) is 44.2 Å². The van der Waals surface area contributed by atoms with Crippen LogP contribution in [-0.2, 0) is 19.5 Å². The molecule has 158 valence electrons. The molecule has 30 heavy (non-hydrogen) atoms. The topological polar surface area (TPSA) is 67.2 Å². The number of nitrogens with zero attached hydrogens (tertiary/aromatic N) is 5. The molecule has 0 aromatic carbocycles. The van der Waals surface area contributed by atoms with Crippen molar-refractivity contribution in [1.82, 2.24) is 19.2 Å². The summed E-state index contributed by atoms with van der Waals surface area (Å²) in [5.74, 6) is 0.394. The van der Waals surface area contributed by atoms with E-state index < -0.39 is 6.43 Å². The number of imidazole rings is 1. The highest BCUT2D eigenvalue weighted by atomic mass is 35.5. The molecule has 0 aliphatic heterocycles. The molecule has 1 fully saturated rings. The lowest BCUT2D eigenvalue weighted by Crippen LogP contribution is -2.37. The number of anilines is 1. The SMILES string of the molecule is Cn1cc(C(=O)[N+](=S)C2CCC(Nc3cccc4nc(C(F)F)cn34)CC2)c(Cl)n1. The number of fused-ring (bicyclic) bond motifs is 1. The molecule has 3 aromatic rings. The first-order chi connectivity index (χ1) is 14.3. The van der Waals surface area contributed by atoms with Crippen molar-refractivity contribution < 1.29 is 17.5 Å². The highest BCUT2D eigenvalue weighted by molar-refractivity contribution is 7.44. The molecule has 0 radical (unpaired) electrons. The lowest BCUT2D eigenvalue weighted by atomic mass is 9.91. The van der Waals surface area contributed by atoms with Crippen LogP contribution >= 0.6 is 11.6 Å². The van der Waals surface area contributed by atoms with Crippen molar-refractivity contribution in [3.63, 3.8) is 0 Å². The van der Waals surface area contributed by atoms with Gasteiger partial charge in [0.05, 0.1) is 0 Å². The number of nitrogens with one attached hydrogen (secondary N) is 1. The summed E-state index contributed by atoms with van der Waals surface area (Å²) in [5.41, 5.74) is 0.526. The van der Waals surface area contributed by atoms with Gasteiger partial charge in [0.15, 0.2) is 11.2 Å². The van der Waals surface area contributed by atoms with Gasteiger partial charge in [-0.15, -0.1) is 0 Å². The first-order valence-electron chi connectivity index (χ1n) is 9.56. The van der Waals surface area contributed by atoms with Crippen LogP contribution in [-0.4, -0.2) is 41.1 Å². The van der Waals surface area contributed by atoms with Crippen LogP contribution in [0.2, 0.25) is 5.15 Å².